The van der Waals surface area contributed by atoms with Crippen LogP contribution in [0.15, 0.2) is 180 Å². The summed E-state index contributed by atoms with van der Waals surface area (Å²) < 4.78 is 12.0. The molecule has 3 aromatic heterocycles. The predicted molar refractivity (Wildman–Crippen MR) is 225 cm³/mol. The van der Waals surface area contributed by atoms with Crippen molar-refractivity contribution in [3.05, 3.63) is 176 Å². The summed E-state index contributed by atoms with van der Waals surface area (Å²) >= 11 is 3.70. The molecular weight excluding hydrogens is 671 g/mol. The van der Waals surface area contributed by atoms with Gasteiger partial charge in [-0.2, -0.15) is 0 Å². The van der Waals surface area contributed by atoms with Crippen molar-refractivity contribution in [2.24, 2.45) is 0 Å². The van der Waals surface area contributed by atoms with Gasteiger partial charge in [0.2, 0.25) is 0 Å². The predicted octanol–water partition coefficient (Wildman–Crippen LogP) is 15.1. The van der Waals surface area contributed by atoms with E-state index in [1.165, 1.54) is 68.0 Å². The summed E-state index contributed by atoms with van der Waals surface area (Å²) in [7, 11) is 0. The Morgan fingerprint density at radius 2 is 0.923 bits per heavy atom. The molecule has 8 aromatic carbocycles. The molecule has 0 aliphatic carbocycles. The second-order valence-electron chi connectivity index (χ2n) is 13.3. The second-order valence-corrected chi connectivity index (χ2v) is 15.4. The Morgan fingerprint density at radius 1 is 0.385 bits per heavy atom. The van der Waals surface area contributed by atoms with Crippen LogP contribution >= 0.6 is 22.7 Å². The number of anilines is 3. The fraction of sp³-hybridized carbons (Fsp3) is 0. The zero-order chi connectivity index (χ0) is 34.2. The molecule has 0 bridgehead atoms. The van der Waals surface area contributed by atoms with Gasteiger partial charge in [-0.15, -0.1) is 22.7 Å². The Kier molecular flexibility index (Phi) is 6.63. The molecule has 0 aliphatic rings. The minimum atomic E-state index is 0.901. The molecule has 0 amide bonds. The van der Waals surface area contributed by atoms with Gasteiger partial charge in [0.1, 0.15) is 5.58 Å². The van der Waals surface area contributed by atoms with E-state index in [-0.39, 0.29) is 0 Å². The van der Waals surface area contributed by atoms with Gasteiger partial charge in [0.05, 0.1) is 16.1 Å². The summed E-state index contributed by atoms with van der Waals surface area (Å²) in [5, 5.41) is 7.38. The molecule has 0 fully saturated rings. The number of rotatable bonds is 5. The highest BCUT2D eigenvalue weighted by Crippen LogP contribution is 2.51. The van der Waals surface area contributed by atoms with Crippen molar-refractivity contribution < 1.29 is 4.42 Å². The number of fused-ring (bicyclic) bond motifs is 10. The quantitative estimate of drug-likeness (QED) is 0.178. The third-order valence-corrected chi connectivity index (χ3v) is 12.7. The lowest BCUT2D eigenvalue weighted by Crippen LogP contribution is -2.10. The standard InChI is InChI=1S/C48H29NOS2/c1-2-11-30(12-3-1)31-21-23-32(24-22-31)33-25-27-34(28-26-33)49(40-17-10-16-37-35-13-5-8-19-43(35)51-47(37)40)41-29-39-36-14-6-9-20-44(36)52-48(39)45-38-15-4-7-18-42(38)50-46(41)45/h1-29H. The van der Waals surface area contributed by atoms with Gasteiger partial charge in [-0.05, 0) is 64.7 Å². The molecule has 11 aromatic rings. The normalized spacial score (nSPS) is 11.8. The topological polar surface area (TPSA) is 16.4 Å². The van der Waals surface area contributed by atoms with Gasteiger partial charge in [0.25, 0.3) is 0 Å². The fourth-order valence-corrected chi connectivity index (χ4v) is 10.3. The van der Waals surface area contributed by atoms with Crippen molar-refractivity contribution in [1.29, 1.82) is 0 Å². The SMILES string of the molecule is c1ccc(-c2ccc(-c3ccc(N(c4cc5c6ccccc6sc5c5c4oc4ccccc45)c4cccc5c4sc4ccccc45)cc3)cc2)cc1. The maximum Gasteiger partial charge on any atom is 0.160 e. The van der Waals surface area contributed by atoms with E-state index in [9.17, 15) is 0 Å². The van der Waals surface area contributed by atoms with Crippen molar-refractivity contribution in [2.75, 3.05) is 4.90 Å². The van der Waals surface area contributed by atoms with Crippen LogP contribution in [0.25, 0.3) is 84.5 Å². The number of furan rings is 1. The average molecular weight is 700 g/mol. The van der Waals surface area contributed by atoms with Crippen LogP contribution in [0, 0.1) is 0 Å². The Morgan fingerprint density at radius 3 is 1.63 bits per heavy atom. The number of thiophene rings is 2. The van der Waals surface area contributed by atoms with E-state index in [4.69, 9.17) is 4.42 Å². The minimum absolute atomic E-state index is 0.901. The Balaban J connectivity index is 1.16. The lowest BCUT2D eigenvalue weighted by Gasteiger charge is -2.26. The van der Waals surface area contributed by atoms with Crippen molar-refractivity contribution >= 4 is 102 Å². The van der Waals surface area contributed by atoms with Crippen molar-refractivity contribution in [3.63, 3.8) is 0 Å². The Hall–Kier alpha value is -6.20. The molecule has 52 heavy (non-hydrogen) atoms. The first-order valence-electron chi connectivity index (χ1n) is 17.5. The van der Waals surface area contributed by atoms with E-state index in [1.807, 2.05) is 22.7 Å². The number of hydrogen-bond donors (Lipinski definition) is 0. The van der Waals surface area contributed by atoms with Crippen molar-refractivity contribution in [2.45, 2.75) is 0 Å². The van der Waals surface area contributed by atoms with E-state index in [2.05, 4.69) is 181 Å². The number of nitrogens with zero attached hydrogens (tertiary/aromatic N) is 1. The lowest BCUT2D eigenvalue weighted by atomic mass is 10.00. The van der Waals surface area contributed by atoms with Crippen LogP contribution in [0.5, 0.6) is 0 Å². The van der Waals surface area contributed by atoms with Crippen LogP contribution in [0.1, 0.15) is 0 Å². The minimum Gasteiger partial charge on any atom is -0.454 e. The second kappa shape index (κ2) is 11.7. The summed E-state index contributed by atoms with van der Waals surface area (Å²) in [6, 6.07) is 63.5. The maximum absolute atomic E-state index is 6.89. The first-order chi connectivity index (χ1) is 25.8. The summed E-state index contributed by atoms with van der Waals surface area (Å²) in [6.07, 6.45) is 0. The van der Waals surface area contributed by atoms with Crippen molar-refractivity contribution in [3.8, 4) is 22.3 Å². The molecule has 0 spiro atoms. The summed E-state index contributed by atoms with van der Waals surface area (Å²) in [4.78, 5) is 2.43. The first kappa shape index (κ1) is 29.5. The number of para-hydroxylation sites is 1. The van der Waals surface area contributed by atoms with Gasteiger partial charge in [0.15, 0.2) is 5.58 Å². The molecule has 0 unspecified atom stereocenters. The zero-order valence-electron chi connectivity index (χ0n) is 27.9. The van der Waals surface area contributed by atoms with Gasteiger partial charge < -0.3 is 9.32 Å². The summed E-state index contributed by atoms with van der Waals surface area (Å²) in [6.45, 7) is 0. The molecule has 244 valence electrons. The molecule has 0 N–H and O–H groups in total. The van der Waals surface area contributed by atoms with Crippen LogP contribution in [-0.2, 0) is 0 Å². The third-order valence-electron chi connectivity index (χ3n) is 10.3. The van der Waals surface area contributed by atoms with Crippen LogP contribution in [0.3, 0.4) is 0 Å². The van der Waals surface area contributed by atoms with Gasteiger partial charge in [-0.25, -0.2) is 0 Å². The fourth-order valence-electron chi connectivity index (χ4n) is 7.82. The van der Waals surface area contributed by atoms with E-state index >= 15 is 0 Å². The highest BCUT2D eigenvalue weighted by Gasteiger charge is 2.25. The highest BCUT2D eigenvalue weighted by atomic mass is 32.1. The van der Waals surface area contributed by atoms with E-state index in [0.29, 0.717) is 0 Å². The Labute approximate surface area is 308 Å². The molecular formula is C48H29NOS2. The molecule has 3 heterocycles. The summed E-state index contributed by atoms with van der Waals surface area (Å²) in [5.74, 6) is 0. The largest absolute Gasteiger partial charge is 0.454 e. The smallest absolute Gasteiger partial charge is 0.160 e. The van der Waals surface area contributed by atoms with Crippen LogP contribution < -0.4 is 4.90 Å². The lowest BCUT2D eigenvalue weighted by molar-refractivity contribution is 0.669. The number of hydrogen-bond acceptors (Lipinski definition) is 4. The van der Waals surface area contributed by atoms with Crippen LogP contribution in [-0.4, -0.2) is 0 Å². The highest BCUT2D eigenvalue weighted by molar-refractivity contribution is 7.27. The van der Waals surface area contributed by atoms with E-state index < -0.39 is 0 Å². The molecule has 0 atom stereocenters. The summed E-state index contributed by atoms with van der Waals surface area (Å²) in [5.41, 5.74) is 9.86. The molecule has 0 radical (unpaired) electrons. The molecule has 11 rings (SSSR count). The van der Waals surface area contributed by atoms with Gasteiger partial charge in [0, 0.05) is 52.1 Å². The molecule has 2 nitrogen and oxygen atoms in total. The van der Waals surface area contributed by atoms with Gasteiger partial charge >= 0.3 is 0 Å². The van der Waals surface area contributed by atoms with Crippen molar-refractivity contribution in [1.82, 2.24) is 0 Å². The maximum atomic E-state index is 6.89. The van der Waals surface area contributed by atoms with Gasteiger partial charge in [-0.1, -0.05) is 133 Å². The van der Waals surface area contributed by atoms with E-state index in [0.717, 1.165) is 33.6 Å². The Bertz CT molecular complexity index is 3110. The molecule has 0 saturated heterocycles. The molecule has 4 heteroatoms. The van der Waals surface area contributed by atoms with Crippen LogP contribution in [0.4, 0.5) is 17.1 Å². The average Bonchev–Trinajstić information content (AvgIpc) is 3.91. The van der Waals surface area contributed by atoms with Crippen LogP contribution in [0.2, 0.25) is 0 Å². The number of benzene rings is 8. The third kappa shape index (κ3) is 4.55. The zero-order valence-corrected chi connectivity index (χ0v) is 29.5. The first-order valence-corrected chi connectivity index (χ1v) is 19.1. The molecule has 0 saturated carbocycles. The molecule has 0 aliphatic heterocycles. The van der Waals surface area contributed by atoms with Gasteiger partial charge in [-0.3, -0.25) is 0 Å². The monoisotopic (exact) mass is 699 g/mol. The van der Waals surface area contributed by atoms with E-state index in [1.54, 1.807) is 0 Å².